The molecule has 0 spiro atoms. The molecule has 1 unspecified atom stereocenters. The van der Waals surface area contributed by atoms with E-state index in [2.05, 4.69) is 5.32 Å². The van der Waals surface area contributed by atoms with Crippen molar-refractivity contribution < 1.29 is 14.3 Å². The summed E-state index contributed by atoms with van der Waals surface area (Å²) in [7, 11) is 3.13. The minimum Gasteiger partial charge on any atom is -0.497 e. The van der Waals surface area contributed by atoms with Crippen LogP contribution in [0.1, 0.15) is 27.2 Å². The van der Waals surface area contributed by atoms with Crippen molar-refractivity contribution in [2.24, 2.45) is 11.1 Å². The van der Waals surface area contributed by atoms with Crippen LogP contribution >= 0.6 is 0 Å². The van der Waals surface area contributed by atoms with Crippen molar-refractivity contribution in [3.8, 4) is 11.5 Å². The van der Waals surface area contributed by atoms with E-state index in [0.29, 0.717) is 17.2 Å². The van der Waals surface area contributed by atoms with Gasteiger partial charge in [-0.3, -0.25) is 4.79 Å². The quantitative estimate of drug-likeness (QED) is 0.868. The molecule has 20 heavy (non-hydrogen) atoms. The van der Waals surface area contributed by atoms with Gasteiger partial charge in [0.2, 0.25) is 5.91 Å². The van der Waals surface area contributed by atoms with Gasteiger partial charge in [0.1, 0.15) is 11.5 Å². The molecule has 3 N–H and O–H groups in total. The number of carbonyl (C=O) groups excluding carboxylic acids is 1. The van der Waals surface area contributed by atoms with Gasteiger partial charge >= 0.3 is 0 Å². The average Bonchev–Trinajstić information content (AvgIpc) is 2.37. The Morgan fingerprint density at radius 3 is 2.45 bits per heavy atom. The Hall–Kier alpha value is -1.75. The van der Waals surface area contributed by atoms with E-state index in [9.17, 15) is 4.79 Å². The van der Waals surface area contributed by atoms with Crippen LogP contribution in [0, 0.1) is 5.41 Å². The molecule has 0 aromatic heterocycles. The van der Waals surface area contributed by atoms with Crippen molar-refractivity contribution in [3.05, 3.63) is 18.2 Å². The van der Waals surface area contributed by atoms with Crippen LogP contribution < -0.4 is 20.5 Å². The second kappa shape index (κ2) is 6.61. The first-order chi connectivity index (χ1) is 9.27. The average molecular weight is 280 g/mol. The van der Waals surface area contributed by atoms with Crippen LogP contribution in [0.3, 0.4) is 0 Å². The van der Waals surface area contributed by atoms with Crippen LogP contribution in [-0.2, 0) is 4.79 Å². The highest BCUT2D eigenvalue weighted by atomic mass is 16.5. The summed E-state index contributed by atoms with van der Waals surface area (Å²) in [6.45, 7) is 6.03. The van der Waals surface area contributed by atoms with E-state index in [1.165, 1.54) is 0 Å². The normalized spacial score (nSPS) is 12.7. The standard InChI is InChI=1S/C15H24N2O3/c1-15(2,3)13(16)9-14(18)17-11-8-10(19-4)6-7-12(11)20-5/h6-8,13H,9,16H2,1-5H3,(H,17,18). The van der Waals surface area contributed by atoms with Gasteiger partial charge in [-0.15, -0.1) is 0 Å². The van der Waals surface area contributed by atoms with Crippen molar-refractivity contribution >= 4 is 11.6 Å². The van der Waals surface area contributed by atoms with Gasteiger partial charge in [-0.2, -0.15) is 0 Å². The number of nitrogens with two attached hydrogens (primary N) is 1. The number of hydrogen-bond acceptors (Lipinski definition) is 4. The van der Waals surface area contributed by atoms with Gasteiger partial charge in [0.05, 0.1) is 19.9 Å². The molecule has 0 aliphatic heterocycles. The number of hydrogen-bond donors (Lipinski definition) is 2. The van der Waals surface area contributed by atoms with Crippen LogP contribution in [-0.4, -0.2) is 26.2 Å². The van der Waals surface area contributed by atoms with Crippen LogP contribution in [0.4, 0.5) is 5.69 Å². The lowest BCUT2D eigenvalue weighted by Crippen LogP contribution is -2.38. The molecule has 1 aromatic carbocycles. The fourth-order valence-electron chi connectivity index (χ4n) is 1.62. The highest BCUT2D eigenvalue weighted by Gasteiger charge is 2.23. The van der Waals surface area contributed by atoms with E-state index >= 15 is 0 Å². The maximum atomic E-state index is 12.0. The third-order valence-electron chi connectivity index (χ3n) is 3.20. The number of anilines is 1. The predicted molar refractivity (Wildman–Crippen MR) is 80.2 cm³/mol. The van der Waals surface area contributed by atoms with E-state index in [1.807, 2.05) is 20.8 Å². The molecular weight excluding hydrogens is 256 g/mol. The molecule has 0 saturated carbocycles. The predicted octanol–water partition coefficient (Wildman–Crippen LogP) is 2.41. The summed E-state index contributed by atoms with van der Waals surface area (Å²) in [4.78, 5) is 12.0. The Kier molecular flexibility index (Phi) is 5.39. The van der Waals surface area contributed by atoms with Crippen LogP contribution in [0.15, 0.2) is 18.2 Å². The molecule has 1 atom stereocenters. The van der Waals surface area contributed by atoms with Gasteiger partial charge < -0.3 is 20.5 Å². The van der Waals surface area contributed by atoms with Crippen LogP contribution in [0.25, 0.3) is 0 Å². The molecule has 5 nitrogen and oxygen atoms in total. The minimum atomic E-state index is -0.209. The third-order valence-corrected chi connectivity index (χ3v) is 3.20. The van der Waals surface area contributed by atoms with Crippen LogP contribution in [0.5, 0.6) is 11.5 Å². The smallest absolute Gasteiger partial charge is 0.226 e. The molecule has 0 aliphatic carbocycles. The Bertz CT molecular complexity index is 467. The lowest BCUT2D eigenvalue weighted by molar-refractivity contribution is -0.117. The van der Waals surface area contributed by atoms with E-state index in [1.54, 1.807) is 32.4 Å². The van der Waals surface area contributed by atoms with Gasteiger partial charge in [-0.1, -0.05) is 20.8 Å². The van der Waals surface area contributed by atoms with Gasteiger partial charge in [0.25, 0.3) is 0 Å². The Balaban J connectivity index is 2.79. The number of nitrogens with one attached hydrogen (secondary N) is 1. The zero-order chi connectivity index (χ0) is 15.3. The summed E-state index contributed by atoms with van der Waals surface area (Å²) in [5.41, 5.74) is 6.48. The summed E-state index contributed by atoms with van der Waals surface area (Å²) < 4.78 is 10.4. The number of methoxy groups -OCH3 is 2. The molecule has 0 saturated heterocycles. The Labute approximate surface area is 120 Å². The molecule has 5 heteroatoms. The first-order valence-electron chi connectivity index (χ1n) is 6.55. The highest BCUT2D eigenvalue weighted by Crippen LogP contribution is 2.29. The Morgan fingerprint density at radius 2 is 1.95 bits per heavy atom. The third kappa shape index (κ3) is 4.42. The zero-order valence-electron chi connectivity index (χ0n) is 12.8. The summed E-state index contributed by atoms with van der Waals surface area (Å²) >= 11 is 0. The molecule has 1 rings (SSSR count). The molecular formula is C15H24N2O3. The molecule has 0 heterocycles. The molecule has 112 valence electrons. The largest absolute Gasteiger partial charge is 0.497 e. The monoisotopic (exact) mass is 280 g/mol. The topological polar surface area (TPSA) is 73.6 Å². The second-order valence-corrected chi connectivity index (χ2v) is 5.79. The lowest BCUT2D eigenvalue weighted by Gasteiger charge is -2.26. The molecule has 0 fully saturated rings. The van der Waals surface area contributed by atoms with Gasteiger partial charge in [-0.05, 0) is 17.5 Å². The van der Waals surface area contributed by atoms with Gasteiger partial charge in [0.15, 0.2) is 0 Å². The van der Waals surface area contributed by atoms with E-state index in [0.717, 1.165) is 0 Å². The van der Waals surface area contributed by atoms with E-state index < -0.39 is 0 Å². The molecule has 1 aromatic rings. The van der Waals surface area contributed by atoms with E-state index in [4.69, 9.17) is 15.2 Å². The zero-order valence-corrected chi connectivity index (χ0v) is 12.8. The molecule has 0 aliphatic rings. The fourth-order valence-corrected chi connectivity index (χ4v) is 1.62. The van der Waals surface area contributed by atoms with Crippen molar-refractivity contribution in [2.75, 3.05) is 19.5 Å². The number of benzene rings is 1. The number of rotatable bonds is 5. The number of carbonyl (C=O) groups is 1. The van der Waals surface area contributed by atoms with Crippen molar-refractivity contribution in [1.29, 1.82) is 0 Å². The highest BCUT2D eigenvalue weighted by molar-refractivity contribution is 5.93. The first-order valence-corrected chi connectivity index (χ1v) is 6.55. The minimum absolute atomic E-state index is 0.115. The molecule has 0 radical (unpaired) electrons. The summed E-state index contributed by atoms with van der Waals surface area (Å²) in [5.74, 6) is 1.10. The van der Waals surface area contributed by atoms with Gasteiger partial charge in [-0.25, -0.2) is 0 Å². The SMILES string of the molecule is COc1ccc(OC)c(NC(=O)CC(N)C(C)(C)C)c1. The number of ether oxygens (including phenoxy) is 2. The van der Waals surface area contributed by atoms with Crippen LogP contribution in [0.2, 0.25) is 0 Å². The second-order valence-electron chi connectivity index (χ2n) is 5.79. The van der Waals surface area contributed by atoms with Gasteiger partial charge in [0, 0.05) is 18.5 Å². The van der Waals surface area contributed by atoms with Crippen molar-refractivity contribution in [2.45, 2.75) is 33.2 Å². The molecule has 1 amide bonds. The molecule has 0 bridgehead atoms. The Morgan fingerprint density at radius 1 is 1.30 bits per heavy atom. The maximum absolute atomic E-state index is 12.0. The van der Waals surface area contributed by atoms with E-state index in [-0.39, 0.29) is 23.8 Å². The summed E-state index contributed by atoms with van der Waals surface area (Å²) in [6.07, 6.45) is 0.254. The summed E-state index contributed by atoms with van der Waals surface area (Å²) in [6, 6.07) is 5.03. The van der Waals surface area contributed by atoms with Crippen molar-refractivity contribution in [3.63, 3.8) is 0 Å². The lowest BCUT2D eigenvalue weighted by atomic mass is 9.85. The van der Waals surface area contributed by atoms with Crippen molar-refractivity contribution in [1.82, 2.24) is 0 Å². The summed E-state index contributed by atoms with van der Waals surface area (Å²) in [5, 5.41) is 2.82. The fraction of sp³-hybridized carbons (Fsp3) is 0.533. The number of amides is 1. The first kappa shape index (κ1) is 16.3. The maximum Gasteiger partial charge on any atom is 0.226 e.